The van der Waals surface area contributed by atoms with Crippen molar-refractivity contribution in [1.82, 2.24) is 14.2 Å². The molecule has 2 aromatic rings. The second-order valence-electron chi connectivity index (χ2n) is 6.45. The van der Waals surface area contributed by atoms with E-state index in [9.17, 15) is 13.2 Å². The zero-order valence-electron chi connectivity index (χ0n) is 15.9. The van der Waals surface area contributed by atoms with E-state index in [2.05, 4.69) is 9.88 Å². The van der Waals surface area contributed by atoms with Gasteiger partial charge in [0.1, 0.15) is 10.6 Å². The first-order valence-corrected chi connectivity index (χ1v) is 11.3. The van der Waals surface area contributed by atoms with Gasteiger partial charge in [-0.05, 0) is 31.3 Å². The van der Waals surface area contributed by atoms with Crippen LogP contribution in [0, 0.1) is 0 Å². The molecule has 0 atom stereocenters. The Labute approximate surface area is 169 Å². The molecule has 0 spiro atoms. The third-order valence-corrected chi connectivity index (χ3v) is 7.39. The number of Topliss-reactive ketones (excluding diaryl/α,β-unsaturated/α-hetero) is 1. The molecule has 0 aliphatic carbocycles. The molecular weight excluding hydrogens is 398 g/mol. The molecule has 2 heterocycles. The summed E-state index contributed by atoms with van der Waals surface area (Å²) in [6, 6.07) is 10.3. The quantitative estimate of drug-likeness (QED) is 0.500. The molecule has 0 N–H and O–H groups in total. The van der Waals surface area contributed by atoms with Crippen molar-refractivity contribution in [1.29, 1.82) is 0 Å². The van der Waals surface area contributed by atoms with E-state index < -0.39 is 10.0 Å². The molecule has 0 saturated carbocycles. The van der Waals surface area contributed by atoms with Crippen molar-refractivity contribution >= 4 is 27.6 Å². The Kier molecular flexibility index (Phi) is 6.71. The number of piperazine rings is 1. The summed E-state index contributed by atoms with van der Waals surface area (Å²) in [7, 11) is -0.0299. The maximum absolute atomic E-state index is 12.7. The third-order valence-electron chi connectivity index (χ3n) is 4.57. The molecule has 1 aromatic carbocycles. The number of hydrogen-bond acceptors (Lipinski definition) is 7. The van der Waals surface area contributed by atoms with Crippen LogP contribution in [-0.4, -0.2) is 74.5 Å². The number of sulfonamides is 1. The molecule has 1 fully saturated rings. The largest absolute Gasteiger partial charge is 0.496 e. The molecule has 7 nitrogen and oxygen atoms in total. The molecule has 1 aromatic heterocycles. The second kappa shape index (κ2) is 9.04. The van der Waals surface area contributed by atoms with Crippen molar-refractivity contribution in [2.24, 2.45) is 0 Å². The van der Waals surface area contributed by atoms with Gasteiger partial charge in [0.15, 0.2) is 5.78 Å². The molecule has 0 bridgehead atoms. The summed E-state index contributed by atoms with van der Waals surface area (Å²) in [6.45, 7) is 2.38. The number of para-hydroxylation sites is 1. The van der Waals surface area contributed by atoms with Crippen molar-refractivity contribution in [3.05, 3.63) is 48.2 Å². The van der Waals surface area contributed by atoms with Crippen LogP contribution >= 0.6 is 11.8 Å². The minimum absolute atomic E-state index is 0.0709. The van der Waals surface area contributed by atoms with Crippen LogP contribution < -0.4 is 4.74 Å². The number of ether oxygens (including phenoxy) is 1. The number of aromatic nitrogens is 1. The number of methoxy groups -OCH3 is 1. The maximum Gasteiger partial charge on any atom is 0.244 e. The normalized spacial score (nSPS) is 16.1. The van der Waals surface area contributed by atoms with Crippen LogP contribution in [0.15, 0.2) is 52.5 Å². The molecule has 0 unspecified atom stereocenters. The Hall–Kier alpha value is -1.94. The van der Waals surface area contributed by atoms with Gasteiger partial charge in [0, 0.05) is 32.4 Å². The van der Waals surface area contributed by atoms with E-state index >= 15 is 0 Å². The Bertz CT molecular complexity index is 924. The Morgan fingerprint density at radius 1 is 1.14 bits per heavy atom. The van der Waals surface area contributed by atoms with Crippen molar-refractivity contribution < 1.29 is 17.9 Å². The first kappa shape index (κ1) is 20.8. The number of benzene rings is 1. The number of ketones is 1. The van der Waals surface area contributed by atoms with Gasteiger partial charge in [0.25, 0.3) is 0 Å². The molecule has 1 saturated heterocycles. The van der Waals surface area contributed by atoms with Crippen molar-refractivity contribution in [3.8, 4) is 5.75 Å². The van der Waals surface area contributed by atoms with E-state index in [-0.39, 0.29) is 16.4 Å². The topological polar surface area (TPSA) is 79.8 Å². The van der Waals surface area contributed by atoms with Gasteiger partial charge >= 0.3 is 0 Å². The number of thioether (sulfide) groups is 1. The lowest BCUT2D eigenvalue weighted by Gasteiger charge is -2.31. The molecule has 3 rings (SSSR count). The monoisotopic (exact) mass is 421 g/mol. The van der Waals surface area contributed by atoms with Crippen LogP contribution in [0.25, 0.3) is 0 Å². The molecule has 9 heteroatoms. The predicted molar refractivity (Wildman–Crippen MR) is 109 cm³/mol. The van der Waals surface area contributed by atoms with Gasteiger partial charge < -0.3 is 9.64 Å². The summed E-state index contributed by atoms with van der Waals surface area (Å²) in [5.41, 5.74) is 0.520. The summed E-state index contributed by atoms with van der Waals surface area (Å²) in [5.74, 6) is 0.658. The summed E-state index contributed by atoms with van der Waals surface area (Å²) in [5, 5.41) is 0.598. The highest BCUT2D eigenvalue weighted by molar-refractivity contribution is 7.99. The Morgan fingerprint density at radius 2 is 1.86 bits per heavy atom. The second-order valence-corrected chi connectivity index (χ2v) is 9.39. The van der Waals surface area contributed by atoms with Crippen LogP contribution in [-0.2, 0) is 10.0 Å². The molecule has 150 valence electrons. The average molecular weight is 422 g/mol. The number of nitrogens with zero attached hydrogens (tertiary/aromatic N) is 3. The van der Waals surface area contributed by atoms with Crippen LogP contribution in [0.4, 0.5) is 0 Å². The summed E-state index contributed by atoms with van der Waals surface area (Å²) < 4.78 is 32.1. The van der Waals surface area contributed by atoms with E-state index in [0.29, 0.717) is 42.5 Å². The SMILES string of the molecule is COc1ccccc1C(=O)CSc1ccc(S(=O)(=O)N2CCN(C)CC2)cn1. The van der Waals surface area contributed by atoms with Gasteiger partial charge in [-0.3, -0.25) is 4.79 Å². The van der Waals surface area contributed by atoms with E-state index in [1.54, 1.807) is 30.3 Å². The number of hydrogen-bond donors (Lipinski definition) is 0. The molecule has 1 aliphatic rings. The summed E-state index contributed by atoms with van der Waals surface area (Å²) in [4.78, 5) is 18.9. The fraction of sp³-hybridized carbons (Fsp3) is 0.368. The van der Waals surface area contributed by atoms with Gasteiger partial charge in [0.2, 0.25) is 10.0 Å². The fourth-order valence-corrected chi connectivity index (χ4v) is 4.97. The minimum Gasteiger partial charge on any atom is -0.496 e. The number of likely N-dealkylation sites (N-methyl/N-ethyl adjacent to an activating group) is 1. The summed E-state index contributed by atoms with van der Waals surface area (Å²) in [6.07, 6.45) is 1.36. The minimum atomic E-state index is -3.53. The zero-order chi connectivity index (χ0) is 20.1. The first-order chi connectivity index (χ1) is 13.4. The molecule has 28 heavy (non-hydrogen) atoms. The lowest BCUT2D eigenvalue weighted by molar-refractivity contribution is 0.101. The van der Waals surface area contributed by atoms with E-state index in [0.717, 1.165) is 0 Å². The van der Waals surface area contributed by atoms with Gasteiger partial charge in [-0.15, -0.1) is 0 Å². The molecule has 0 amide bonds. The highest BCUT2D eigenvalue weighted by atomic mass is 32.2. The summed E-state index contributed by atoms with van der Waals surface area (Å²) >= 11 is 1.27. The number of carbonyl (C=O) groups excluding carboxylic acids is 1. The number of rotatable bonds is 7. The molecular formula is C19H23N3O4S2. The molecule has 1 aliphatic heterocycles. The molecule has 0 radical (unpaired) electrons. The third kappa shape index (κ3) is 4.72. The van der Waals surface area contributed by atoms with Crippen LogP contribution in [0.1, 0.15) is 10.4 Å². The zero-order valence-corrected chi connectivity index (χ0v) is 17.5. The Morgan fingerprint density at radius 3 is 2.50 bits per heavy atom. The van der Waals surface area contributed by atoms with E-state index in [4.69, 9.17) is 4.74 Å². The smallest absolute Gasteiger partial charge is 0.244 e. The standard InChI is InChI=1S/C19H23N3O4S2/c1-21-9-11-22(12-10-21)28(24,25)15-7-8-19(20-13-15)27-14-17(23)16-5-3-4-6-18(16)26-2/h3-8,13H,9-12,14H2,1-2H3. The van der Waals surface area contributed by atoms with Gasteiger partial charge in [-0.2, -0.15) is 4.31 Å². The van der Waals surface area contributed by atoms with Crippen molar-refractivity contribution in [2.45, 2.75) is 9.92 Å². The van der Waals surface area contributed by atoms with Crippen molar-refractivity contribution in [2.75, 3.05) is 46.1 Å². The van der Waals surface area contributed by atoms with Gasteiger partial charge in [-0.25, -0.2) is 13.4 Å². The maximum atomic E-state index is 12.7. The predicted octanol–water partition coefficient (Wildman–Crippen LogP) is 2.00. The van der Waals surface area contributed by atoms with Crippen molar-refractivity contribution in [3.63, 3.8) is 0 Å². The average Bonchev–Trinajstić information content (AvgIpc) is 2.72. The lowest BCUT2D eigenvalue weighted by atomic mass is 10.1. The highest BCUT2D eigenvalue weighted by Crippen LogP contribution is 2.24. The van der Waals surface area contributed by atoms with E-state index in [1.165, 1.54) is 29.4 Å². The van der Waals surface area contributed by atoms with Crippen LogP contribution in [0.2, 0.25) is 0 Å². The lowest BCUT2D eigenvalue weighted by Crippen LogP contribution is -2.47. The fourth-order valence-electron chi connectivity index (χ4n) is 2.87. The first-order valence-electron chi connectivity index (χ1n) is 8.85. The van der Waals surface area contributed by atoms with Gasteiger partial charge in [-0.1, -0.05) is 23.9 Å². The van der Waals surface area contributed by atoms with Crippen LogP contribution in [0.3, 0.4) is 0 Å². The number of carbonyl (C=O) groups is 1. The van der Waals surface area contributed by atoms with E-state index in [1.807, 2.05) is 13.1 Å². The number of pyridine rings is 1. The highest BCUT2D eigenvalue weighted by Gasteiger charge is 2.27. The Balaban J connectivity index is 1.64. The van der Waals surface area contributed by atoms with Crippen LogP contribution in [0.5, 0.6) is 5.75 Å². The van der Waals surface area contributed by atoms with Gasteiger partial charge in [0.05, 0.1) is 23.5 Å².